The van der Waals surface area contributed by atoms with Crippen LogP contribution in [0.5, 0.6) is 5.75 Å². The van der Waals surface area contributed by atoms with Crippen LogP contribution in [0, 0.1) is 5.92 Å². The van der Waals surface area contributed by atoms with Gasteiger partial charge < -0.3 is 14.9 Å². The van der Waals surface area contributed by atoms with Gasteiger partial charge in [0.05, 0.1) is 23.6 Å². The summed E-state index contributed by atoms with van der Waals surface area (Å²) in [7, 11) is -3.35. The minimum Gasteiger partial charge on any atom is -0.505 e. The minimum absolute atomic E-state index is 0.103. The van der Waals surface area contributed by atoms with E-state index in [1.165, 1.54) is 23.2 Å². The third kappa shape index (κ3) is 3.20. The van der Waals surface area contributed by atoms with Crippen molar-refractivity contribution >= 4 is 21.7 Å². The molecule has 0 unspecified atom stereocenters. The highest BCUT2D eigenvalue weighted by Gasteiger charge is 2.50. The molecule has 1 N–H and O–H groups in total. The Morgan fingerprint density at radius 2 is 1.80 bits per heavy atom. The molecule has 2 fully saturated rings. The first kappa shape index (κ1) is 17.7. The highest BCUT2D eigenvalue weighted by molar-refractivity contribution is 7.91. The van der Waals surface area contributed by atoms with Crippen LogP contribution in [0.4, 0.5) is 0 Å². The average molecular weight is 367 g/mol. The number of sulfone groups is 1. The van der Waals surface area contributed by atoms with Gasteiger partial charge >= 0.3 is 0 Å². The Labute approximate surface area is 146 Å². The maximum absolute atomic E-state index is 12.8. The maximum atomic E-state index is 12.8. The zero-order valence-electron chi connectivity index (χ0n) is 14.1. The zero-order valence-corrected chi connectivity index (χ0v) is 14.9. The van der Waals surface area contributed by atoms with Gasteiger partial charge in [0.2, 0.25) is 5.91 Å². The van der Waals surface area contributed by atoms with Gasteiger partial charge in [0.15, 0.2) is 15.5 Å². The zero-order chi connectivity index (χ0) is 18.4. The number of aromatic nitrogens is 1. The van der Waals surface area contributed by atoms with Crippen molar-refractivity contribution in [2.75, 3.05) is 24.6 Å². The molecule has 2 aliphatic rings. The van der Waals surface area contributed by atoms with E-state index in [1.54, 1.807) is 18.7 Å². The number of pyridine rings is 1. The standard InChI is InChI=1S/C16H21N3O5S/c1-10(2)15(21)18-6-7-19(12-9-25(23,24)8-11(12)18)16(22)14-13(20)4-3-5-17-14/h3-5,10-12,20H,6-9H2,1-2H3/t11-,12+/m1/s1. The Balaban J connectivity index is 1.93. The molecule has 0 saturated carbocycles. The fourth-order valence-electron chi connectivity index (χ4n) is 3.51. The molecule has 2 amide bonds. The lowest BCUT2D eigenvalue weighted by Gasteiger charge is -2.44. The van der Waals surface area contributed by atoms with Crippen LogP contribution in [0.2, 0.25) is 0 Å². The van der Waals surface area contributed by atoms with Crippen molar-refractivity contribution in [1.82, 2.24) is 14.8 Å². The van der Waals surface area contributed by atoms with Crippen molar-refractivity contribution in [3.63, 3.8) is 0 Å². The van der Waals surface area contributed by atoms with E-state index in [0.29, 0.717) is 0 Å². The van der Waals surface area contributed by atoms with Crippen LogP contribution in [-0.2, 0) is 14.6 Å². The number of nitrogens with zero attached hydrogens (tertiary/aromatic N) is 3. The highest BCUT2D eigenvalue weighted by atomic mass is 32.2. The topological polar surface area (TPSA) is 108 Å². The number of hydrogen-bond acceptors (Lipinski definition) is 6. The Kier molecular flexibility index (Phi) is 4.44. The molecule has 136 valence electrons. The van der Waals surface area contributed by atoms with Crippen LogP contribution in [-0.4, -0.2) is 76.8 Å². The summed E-state index contributed by atoms with van der Waals surface area (Å²) in [6, 6.07) is 1.70. The molecule has 0 aromatic carbocycles. The summed E-state index contributed by atoms with van der Waals surface area (Å²) >= 11 is 0. The Bertz CT molecular complexity index is 808. The van der Waals surface area contributed by atoms with Crippen molar-refractivity contribution in [1.29, 1.82) is 0 Å². The number of aromatic hydroxyl groups is 1. The van der Waals surface area contributed by atoms with E-state index >= 15 is 0 Å². The number of fused-ring (bicyclic) bond motifs is 1. The molecular formula is C16H21N3O5S. The fraction of sp³-hybridized carbons (Fsp3) is 0.562. The molecule has 8 nitrogen and oxygen atoms in total. The number of carbonyl (C=O) groups is 2. The van der Waals surface area contributed by atoms with Gasteiger partial charge in [-0.15, -0.1) is 0 Å². The van der Waals surface area contributed by atoms with Gasteiger partial charge in [0, 0.05) is 25.2 Å². The third-order valence-corrected chi connectivity index (χ3v) is 6.40. The first-order valence-electron chi connectivity index (χ1n) is 8.17. The number of amides is 2. The second-order valence-electron chi connectivity index (χ2n) is 6.77. The molecule has 0 aliphatic carbocycles. The second-order valence-corrected chi connectivity index (χ2v) is 8.92. The van der Waals surface area contributed by atoms with Gasteiger partial charge in [-0.1, -0.05) is 13.8 Å². The Morgan fingerprint density at radius 3 is 2.40 bits per heavy atom. The van der Waals surface area contributed by atoms with Crippen LogP contribution in [0.3, 0.4) is 0 Å². The van der Waals surface area contributed by atoms with Gasteiger partial charge in [-0.3, -0.25) is 9.59 Å². The largest absolute Gasteiger partial charge is 0.505 e. The molecule has 1 aromatic heterocycles. The molecule has 0 spiro atoms. The summed E-state index contributed by atoms with van der Waals surface area (Å²) < 4.78 is 24.3. The van der Waals surface area contributed by atoms with Gasteiger partial charge in [-0.25, -0.2) is 13.4 Å². The van der Waals surface area contributed by atoms with Crippen LogP contribution >= 0.6 is 0 Å². The minimum atomic E-state index is -3.35. The van der Waals surface area contributed by atoms with E-state index in [-0.39, 0.29) is 47.9 Å². The third-order valence-electron chi connectivity index (χ3n) is 4.70. The van der Waals surface area contributed by atoms with Crippen LogP contribution in [0.15, 0.2) is 18.3 Å². The molecule has 3 rings (SSSR count). The highest BCUT2D eigenvalue weighted by Crippen LogP contribution is 2.30. The lowest BCUT2D eigenvalue weighted by Crippen LogP contribution is -2.62. The van der Waals surface area contributed by atoms with E-state index in [1.807, 2.05) is 0 Å². The summed E-state index contributed by atoms with van der Waals surface area (Å²) in [4.78, 5) is 32.1. The van der Waals surface area contributed by atoms with Gasteiger partial charge in [-0.05, 0) is 12.1 Å². The van der Waals surface area contributed by atoms with Gasteiger partial charge in [0.25, 0.3) is 5.91 Å². The summed E-state index contributed by atoms with van der Waals surface area (Å²) in [6.45, 7) is 4.02. The number of rotatable bonds is 2. The molecule has 25 heavy (non-hydrogen) atoms. The number of piperazine rings is 1. The van der Waals surface area contributed by atoms with Crippen LogP contribution < -0.4 is 0 Å². The normalized spacial score (nSPS) is 25.1. The summed E-state index contributed by atoms with van der Waals surface area (Å²) in [5.41, 5.74) is -0.103. The SMILES string of the molecule is CC(C)C(=O)N1CCN(C(=O)c2ncccc2O)[C@H]2CS(=O)(=O)C[C@H]21. The summed E-state index contributed by atoms with van der Waals surface area (Å²) in [5.74, 6) is -1.44. The fourth-order valence-corrected chi connectivity index (χ4v) is 5.49. The van der Waals surface area contributed by atoms with E-state index in [2.05, 4.69) is 4.98 Å². The molecule has 0 bridgehead atoms. The number of carbonyl (C=O) groups excluding carboxylic acids is 2. The smallest absolute Gasteiger partial charge is 0.276 e. The molecule has 2 saturated heterocycles. The summed E-state index contributed by atoms with van der Waals surface area (Å²) in [6.07, 6.45) is 1.40. The van der Waals surface area contributed by atoms with E-state index < -0.39 is 27.8 Å². The van der Waals surface area contributed by atoms with Crippen molar-refractivity contribution in [2.24, 2.45) is 5.92 Å². The number of hydrogen-bond donors (Lipinski definition) is 1. The average Bonchev–Trinajstić information content (AvgIpc) is 2.87. The van der Waals surface area contributed by atoms with Crippen LogP contribution in [0.25, 0.3) is 0 Å². The Hall–Kier alpha value is -2.16. The summed E-state index contributed by atoms with van der Waals surface area (Å²) in [5, 5.41) is 9.87. The van der Waals surface area contributed by atoms with E-state index in [0.717, 1.165) is 0 Å². The van der Waals surface area contributed by atoms with E-state index in [9.17, 15) is 23.1 Å². The lowest BCUT2D eigenvalue weighted by molar-refractivity contribution is -0.139. The van der Waals surface area contributed by atoms with Gasteiger partial charge in [0.1, 0.15) is 5.75 Å². The second kappa shape index (κ2) is 6.29. The predicted molar refractivity (Wildman–Crippen MR) is 89.7 cm³/mol. The van der Waals surface area contributed by atoms with Crippen molar-refractivity contribution in [3.05, 3.63) is 24.0 Å². The molecular weight excluding hydrogens is 346 g/mol. The Morgan fingerprint density at radius 1 is 1.20 bits per heavy atom. The van der Waals surface area contributed by atoms with Crippen LogP contribution in [0.1, 0.15) is 24.3 Å². The molecule has 2 atom stereocenters. The van der Waals surface area contributed by atoms with Crippen molar-refractivity contribution < 1.29 is 23.1 Å². The van der Waals surface area contributed by atoms with Crippen molar-refractivity contribution in [2.45, 2.75) is 25.9 Å². The predicted octanol–water partition coefficient (Wildman–Crippen LogP) is -0.107. The molecule has 1 aromatic rings. The molecule has 3 heterocycles. The van der Waals surface area contributed by atoms with Gasteiger partial charge in [-0.2, -0.15) is 0 Å². The van der Waals surface area contributed by atoms with E-state index in [4.69, 9.17) is 0 Å². The first-order chi connectivity index (χ1) is 11.7. The molecule has 9 heteroatoms. The molecule has 0 radical (unpaired) electrons. The molecule has 2 aliphatic heterocycles. The first-order valence-corrected chi connectivity index (χ1v) is 9.99. The monoisotopic (exact) mass is 367 g/mol. The van der Waals surface area contributed by atoms with Crippen molar-refractivity contribution in [3.8, 4) is 5.75 Å². The lowest BCUT2D eigenvalue weighted by atomic mass is 10.0. The quantitative estimate of drug-likeness (QED) is 0.782. The maximum Gasteiger partial charge on any atom is 0.276 e.